The van der Waals surface area contributed by atoms with E-state index in [1.54, 1.807) is 72.5 Å². The molecule has 0 bridgehead atoms. The van der Waals surface area contributed by atoms with Gasteiger partial charge < -0.3 is 5.32 Å². The molecule has 3 heterocycles. The van der Waals surface area contributed by atoms with Crippen molar-refractivity contribution in [1.29, 1.82) is 0 Å². The Morgan fingerprint density at radius 1 is 1.00 bits per heavy atom. The number of rotatable bonds is 4. The average Bonchev–Trinajstić information content (AvgIpc) is 3.33. The molecule has 0 aliphatic heterocycles. The van der Waals surface area contributed by atoms with Gasteiger partial charge in [0.2, 0.25) is 5.95 Å². The van der Waals surface area contributed by atoms with Crippen molar-refractivity contribution in [1.82, 2.24) is 18.9 Å². The van der Waals surface area contributed by atoms with Gasteiger partial charge in [-0.05, 0) is 36.6 Å². The van der Waals surface area contributed by atoms with E-state index in [0.717, 1.165) is 34.5 Å². The lowest BCUT2D eigenvalue weighted by atomic mass is 9.98. The molecular formula is C19H15N5O2S2. The summed E-state index contributed by atoms with van der Waals surface area (Å²) >= 11 is 1.55. The molecule has 0 unspecified atom stereocenters. The monoisotopic (exact) mass is 409 g/mol. The molecule has 1 N–H and O–H groups in total. The molecule has 5 rings (SSSR count). The Balaban J connectivity index is 1.52. The molecule has 0 radical (unpaired) electrons. The quantitative estimate of drug-likeness (QED) is 0.555. The fourth-order valence-corrected chi connectivity index (χ4v) is 5.45. The first-order valence-corrected chi connectivity index (χ1v) is 10.9. The van der Waals surface area contributed by atoms with Gasteiger partial charge in [-0.3, -0.25) is 0 Å². The van der Waals surface area contributed by atoms with E-state index in [0.29, 0.717) is 11.1 Å². The molecular weight excluding hydrogens is 394 g/mol. The maximum absolute atomic E-state index is 12.9. The van der Waals surface area contributed by atoms with Crippen LogP contribution in [0.15, 0.2) is 66.1 Å². The summed E-state index contributed by atoms with van der Waals surface area (Å²) in [6.07, 6.45) is 8.30. The molecule has 7 nitrogen and oxygen atoms in total. The number of aromatic nitrogens is 4. The number of thiazole rings is 1. The molecule has 3 aromatic heterocycles. The zero-order valence-electron chi connectivity index (χ0n) is 14.6. The number of nitrogens with one attached hydrogen (secondary N) is 1. The second-order valence-electron chi connectivity index (χ2n) is 6.33. The van der Waals surface area contributed by atoms with Gasteiger partial charge in [-0.25, -0.2) is 27.3 Å². The van der Waals surface area contributed by atoms with Crippen molar-refractivity contribution in [3.05, 3.63) is 71.6 Å². The smallest absolute Gasteiger partial charge is 0.267 e. The van der Waals surface area contributed by atoms with E-state index in [1.165, 1.54) is 3.97 Å². The zero-order valence-corrected chi connectivity index (χ0v) is 16.2. The number of hydrogen-bond donors (Lipinski definition) is 1. The lowest BCUT2D eigenvalue weighted by Crippen LogP contribution is -2.10. The van der Waals surface area contributed by atoms with Gasteiger partial charge in [0.1, 0.15) is 0 Å². The highest BCUT2D eigenvalue weighted by Crippen LogP contribution is 2.39. The van der Waals surface area contributed by atoms with Crippen LogP contribution in [0.4, 0.5) is 11.1 Å². The van der Waals surface area contributed by atoms with Crippen LogP contribution in [0.1, 0.15) is 10.4 Å². The van der Waals surface area contributed by atoms with Crippen molar-refractivity contribution in [2.75, 3.05) is 5.32 Å². The Morgan fingerprint density at radius 2 is 1.79 bits per heavy atom. The molecule has 0 atom stereocenters. The normalized spacial score (nSPS) is 13.0. The lowest BCUT2D eigenvalue weighted by Gasteiger charge is -2.08. The molecule has 140 valence electrons. The molecule has 9 heteroatoms. The Morgan fingerprint density at radius 3 is 2.57 bits per heavy atom. The van der Waals surface area contributed by atoms with Crippen molar-refractivity contribution in [2.45, 2.75) is 17.7 Å². The van der Waals surface area contributed by atoms with E-state index >= 15 is 0 Å². The van der Waals surface area contributed by atoms with Crippen molar-refractivity contribution in [3.63, 3.8) is 0 Å². The minimum atomic E-state index is -3.62. The zero-order chi connectivity index (χ0) is 19.1. The van der Waals surface area contributed by atoms with Crippen LogP contribution in [0.2, 0.25) is 0 Å². The summed E-state index contributed by atoms with van der Waals surface area (Å²) in [5, 5.41) is 3.81. The van der Waals surface area contributed by atoms with Crippen molar-refractivity contribution < 1.29 is 8.42 Å². The van der Waals surface area contributed by atoms with Crippen LogP contribution in [0.25, 0.3) is 11.3 Å². The van der Waals surface area contributed by atoms with Crippen molar-refractivity contribution in [3.8, 4) is 11.3 Å². The number of hydrogen-bond acceptors (Lipinski definition) is 7. The van der Waals surface area contributed by atoms with Crippen LogP contribution in [0, 0.1) is 0 Å². The van der Waals surface area contributed by atoms with E-state index in [4.69, 9.17) is 0 Å². The predicted molar refractivity (Wildman–Crippen MR) is 107 cm³/mol. The van der Waals surface area contributed by atoms with Crippen LogP contribution >= 0.6 is 11.3 Å². The summed E-state index contributed by atoms with van der Waals surface area (Å²) in [6, 6.07) is 10.2. The summed E-state index contributed by atoms with van der Waals surface area (Å²) in [6.45, 7) is 0. The summed E-state index contributed by atoms with van der Waals surface area (Å²) in [5.41, 5.74) is 2.67. The van der Waals surface area contributed by atoms with Gasteiger partial charge in [-0.2, -0.15) is 0 Å². The minimum absolute atomic E-state index is 0.268. The largest absolute Gasteiger partial charge is 0.300 e. The number of benzene rings is 1. The fourth-order valence-electron chi connectivity index (χ4n) is 3.23. The maximum atomic E-state index is 12.9. The van der Waals surface area contributed by atoms with E-state index in [9.17, 15) is 8.42 Å². The summed E-state index contributed by atoms with van der Waals surface area (Å²) in [4.78, 5) is 14.4. The van der Waals surface area contributed by atoms with E-state index in [2.05, 4.69) is 20.3 Å². The van der Waals surface area contributed by atoms with E-state index < -0.39 is 10.0 Å². The van der Waals surface area contributed by atoms with Crippen LogP contribution in [-0.4, -0.2) is 27.3 Å². The standard InChI is InChI=1S/C19H15N5O2S2/c25-28(26,14-5-2-1-3-6-14)24-11-13-7-8-16-17(15(13)12-24)22-19(27-16)23-18-20-9-4-10-21-18/h1-6,9-12H,7-8H2,(H,20,21,22,23). The molecule has 1 aliphatic rings. The van der Waals surface area contributed by atoms with E-state index in [-0.39, 0.29) is 4.90 Å². The molecule has 0 amide bonds. The van der Waals surface area contributed by atoms with Gasteiger partial charge in [0.05, 0.1) is 10.6 Å². The lowest BCUT2D eigenvalue weighted by molar-refractivity contribution is 0.587. The molecule has 28 heavy (non-hydrogen) atoms. The maximum Gasteiger partial charge on any atom is 0.267 e. The highest BCUT2D eigenvalue weighted by atomic mass is 32.2. The number of nitrogens with zero attached hydrogens (tertiary/aromatic N) is 4. The van der Waals surface area contributed by atoms with Gasteiger partial charge in [-0.1, -0.05) is 18.2 Å². The highest BCUT2D eigenvalue weighted by molar-refractivity contribution is 7.90. The SMILES string of the molecule is O=S(=O)(c1ccccc1)n1cc2c(c1)-c1nc(Nc3ncccn3)sc1CC2. The minimum Gasteiger partial charge on any atom is -0.300 e. The van der Waals surface area contributed by atoms with Crippen molar-refractivity contribution >= 4 is 32.4 Å². The molecule has 4 aromatic rings. The third kappa shape index (κ3) is 2.88. The molecule has 0 saturated heterocycles. The second kappa shape index (κ2) is 6.54. The topological polar surface area (TPSA) is 89.8 Å². The first-order valence-electron chi connectivity index (χ1n) is 8.67. The molecule has 0 saturated carbocycles. The average molecular weight is 409 g/mol. The first-order chi connectivity index (χ1) is 13.6. The van der Waals surface area contributed by atoms with Crippen LogP contribution < -0.4 is 5.32 Å². The van der Waals surface area contributed by atoms with Gasteiger partial charge in [0.15, 0.2) is 5.13 Å². The third-order valence-electron chi connectivity index (χ3n) is 4.56. The molecule has 0 fully saturated rings. The Hall–Kier alpha value is -3.04. The summed E-state index contributed by atoms with van der Waals surface area (Å²) < 4.78 is 27.2. The first kappa shape index (κ1) is 17.1. The number of fused-ring (bicyclic) bond motifs is 3. The van der Waals surface area contributed by atoms with Gasteiger partial charge in [0.25, 0.3) is 10.0 Å². The summed E-state index contributed by atoms with van der Waals surface area (Å²) in [5.74, 6) is 0.484. The Bertz CT molecular complexity index is 1250. The second-order valence-corrected chi connectivity index (χ2v) is 9.26. The van der Waals surface area contributed by atoms with Gasteiger partial charge >= 0.3 is 0 Å². The number of aryl methyl sites for hydroxylation is 2. The van der Waals surface area contributed by atoms with Gasteiger partial charge in [-0.15, -0.1) is 11.3 Å². The molecule has 0 spiro atoms. The molecule has 1 aliphatic carbocycles. The molecule has 1 aromatic carbocycles. The Kier molecular flexibility index (Phi) is 3.99. The third-order valence-corrected chi connectivity index (χ3v) is 7.23. The van der Waals surface area contributed by atoms with Crippen LogP contribution in [0.3, 0.4) is 0 Å². The summed E-state index contributed by atoms with van der Waals surface area (Å²) in [7, 11) is -3.62. The predicted octanol–water partition coefficient (Wildman–Crippen LogP) is 3.48. The van der Waals surface area contributed by atoms with Crippen LogP contribution in [-0.2, 0) is 22.9 Å². The Labute approximate surface area is 165 Å². The van der Waals surface area contributed by atoms with Crippen LogP contribution in [0.5, 0.6) is 0 Å². The van der Waals surface area contributed by atoms with Gasteiger partial charge in [0, 0.05) is 35.2 Å². The van der Waals surface area contributed by atoms with Crippen molar-refractivity contribution in [2.24, 2.45) is 0 Å². The number of anilines is 2. The van der Waals surface area contributed by atoms with E-state index in [1.807, 2.05) is 0 Å². The fraction of sp³-hybridized carbons (Fsp3) is 0.105. The highest BCUT2D eigenvalue weighted by Gasteiger charge is 2.26.